The first-order valence-corrected chi connectivity index (χ1v) is 25.5. The molecule has 1 aliphatic carbocycles. The monoisotopic (exact) mass is 986 g/mol. The van der Waals surface area contributed by atoms with E-state index in [1.165, 1.54) is 26.0 Å². The van der Waals surface area contributed by atoms with Crippen molar-refractivity contribution in [1.82, 2.24) is 19.6 Å². The lowest BCUT2D eigenvalue weighted by Crippen LogP contribution is -2.55. The van der Waals surface area contributed by atoms with Crippen molar-refractivity contribution in [3.63, 3.8) is 0 Å². The highest BCUT2D eigenvalue weighted by Gasteiger charge is 2.53. The van der Waals surface area contributed by atoms with Gasteiger partial charge >= 0.3 is 6.18 Å². The average Bonchev–Trinajstić information content (AvgIpc) is 3.97. The standard InChI is InChI=1S/C50H57F3N8O8S/c1-48(2,50(51,52)53)39-8-4-3-7-37(39)41-9-5-18-59(41)34-28-49(29-34)15-20-58(21-16-49)33-10-12-38(42(26-33)60-19-6-22-69-47-44(60)25-32-14-17-54-45(32)56-47)46(62)57-70(65,66)36-11-13-40(43(27-36)61(63)64)55-30-35-31-67-23-24-68-35/h3-4,7-8,10-14,17,25-27,34-35,41,55H,5-6,9,15-16,18-24,28-31H2,1-2H3,(H,54,56)(H,57,62)/t35-,41-/m0/s1. The molecule has 20 heteroatoms. The van der Waals surface area contributed by atoms with Crippen LogP contribution in [0.3, 0.4) is 0 Å². The number of aromatic nitrogens is 2. The second-order valence-electron chi connectivity index (χ2n) is 19.8. The lowest BCUT2D eigenvalue weighted by Gasteiger charge is -2.56. The maximum atomic E-state index is 14.4. The molecule has 3 aromatic carbocycles. The van der Waals surface area contributed by atoms with Crippen molar-refractivity contribution < 1.29 is 45.5 Å². The number of carbonyl (C=O) groups is 1. The normalized spacial score (nSPS) is 21.2. The van der Waals surface area contributed by atoms with Gasteiger partial charge in [0.15, 0.2) is 0 Å². The Labute approximate surface area is 404 Å². The molecule has 1 spiro atoms. The summed E-state index contributed by atoms with van der Waals surface area (Å²) in [5, 5.41) is 16.0. The minimum absolute atomic E-state index is 0.0625. The van der Waals surface area contributed by atoms with Crippen molar-refractivity contribution in [2.45, 2.75) is 93.5 Å². The van der Waals surface area contributed by atoms with E-state index in [4.69, 9.17) is 19.2 Å². The van der Waals surface area contributed by atoms with Gasteiger partial charge in [0, 0.05) is 61.6 Å². The molecular weight excluding hydrogens is 930 g/mol. The van der Waals surface area contributed by atoms with Crippen LogP contribution in [0.4, 0.5) is 41.6 Å². The quantitative estimate of drug-likeness (QED) is 0.0797. The number of nitrogens with zero attached hydrogens (tertiary/aromatic N) is 5. The first kappa shape index (κ1) is 47.7. The number of carbonyl (C=O) groups excluding carboxylic acids is 1. The number of aromatic amines is 1. The number of halogens is 3. The van der Waals surface area contributed by atoms with Crippen molar-refractivity contribution in [2.75, 3.05) is 74.3 Å². The molecule has 4 aliphatic heterocycles. The van der Waals surface area contributed by atoms with Crippen molar-refractivity contribution in [2.24, 2.45) is 5.41 Å². The zero-order valence-corrected chi connectivity index (χ0v) is 39.9. The minimum atomic E-state index is -4.63. The number of likely N-dealkylation sites (tertiary alicyclic amines) is 1. The van der Waals surface area contributed by atoms with E-state index in [0.29, 0.717) is 67.9 Å². The molecule has 70 heavy (non-hydrogen) atoms. The molecule has 0 bridgehead atoms. The number of H-pyrrole nitrogens is 1. The topological polar surface area (TPSA) is 185 Å². The molecule has 10 rings (SSSR count). The SMILES string of the molecule is CC(C)(c1ccccc1[C@@H]1CCCN1C1CC2(CCN(c3ccc(C(=O)NS(=O)(=O)c4ccc(NC[C@H]5COCCO5)c([N+](=O)[O-])c4)c(N4CCCOc5nc6[nH]ccc6cc54)c3)CC2)C1)C(F)(F)F. The second-order valence-corrected chi connectivity index (χ2v) is 21.4. The van der Waals surface area contributed by atoms with Gasteiger partial charge in [0.1, 0.15) is 17.0 Å². The molecule has 16 nitrogen and oxygen atoms in total. The number of nitrogens with one attached hydrogen (secondary N) is 3. The van der Waals surface area contributed by atoms with Gasteiger partial charge in [0.2, 0.25) is 5.88 Å². The fourth-order valence-corrected chi connectivity index (χ4v) is 12.1. The van der Waals surface area contributed by atoms with Crippen LogP contribution in [0.25, 0.3) is 11.0 Å². The van der Waals surface area contributed by atoms with E-state index in [-0.39, 0.29) is 41.4 Å². The van der Waals surface area contributed by atoms with Crippen LogP contribution >= 0.6 is 0 Å². The molecule has 1 saturated carbocycles. The summed E-state index contributed by atoms with van der Waals surface area (Å²) >= 11 is 0. The Kier molecular flexibility index (Phi) is 12.7. The molecular formula is C50H57F3N8O8S. The Bertz CT molecular complexity index is 2890. The highest BCUT2D eigenvalue weighted by Crippen LogP contribution is 2.55. The fourth-order valence-electron chi connectivity index (χ4n) is 11.1. The van der Waals surface area contributed by atoms with Crippen LogP contribution in [0.15, 0.2) is 83.9 Å². The average molecular weight is 987 g/mol. The first-order valence-electron chi connectivity index (χ1n) is 24.0. The Morgan fingerprint density at radius 2 is 1.76 bits per heavy atom. The number of fused-ring (bicyclic) bond motifs is 2. The maximum Gasteiger partial charge on any atom is 0.397 e. The Morgan fingerprint density at radius 3 is 2.51 bits per heavy atom. The third-order valence-corrected chi connectivity index (χ3v) is 16.5. The zero-order valence-electron chi connectivity index (χ0n) is 39.1. The molecule has 0 unspecified atom stereocenters. The summed E-state index contributed by atoms with van der Waals surface area (Å²) in [6, 6.07) is 19.9. The molecule has 5 aliphatic rings. The highest BCUT2D eigenvalue weighted by atomic mass is 32.2. The van der Waals surface area contributed by atoms with Crippen molar-refractivity contribution in [3.05, 3.63) is 106 Å². The number of hydrogen-bond acceptors (Lipinski definition) is 13. The Balaban J connectivity index is 0.888. The van der Waals surface area contributed by atoms with Gasteiger partial charge in [-0.1, -0.05) is 24.3 Å². The number of hydrogen-bond donors (Lipinski definition) is 3. The van der Waals surface area contributed by atoms with Gasteiger partial charge < -0.3 is 34.3 Å². The summed E-state index contributed by atoms with van der Waals surface area (Å²) in [7, 11) is -4.63. The summed E-state index contributed by atoms with van der Waals surface area (Å²) in [5.74, 6) is -0.571. The molecule has 0 radical (unpaired) electrons. The number of sulfonamides is 1. The van der Waals surface area contributed by atoms with E-state index in [0.717, 1.165) is 80.9 Å². The van der Waals surface area contributed by atoms with Crippen LogP contribution in [0.5, 0.6) is 5.88 Å². The number of alkyl halides is 3. The highest BCUT2D eigenvalue weighted by molar-refractivity contribution is 7.90. The number of benzene rings is 3. The van der Waals surface area contributed by atoms with Crippen LogP contribution in [-0.4, -0.2) is 112 Å². The predicted octanol–water partition coefficient (Wildman–Crippen LogP) is 8.76. The molecule has 1 amide bonds. The van der Waals surface area contributed by atoms with Crippen molar-refractivity contribution in [1.29, 1.82) is 0 Å². The molecule has 2 atom stereocenters. The summed E-state index contributed by atoms with van der Waals surface area (Å²) in [4.78, 5) is 40.0. The van der Waals surface area contributed by atoms with Crippen molar-refractivity contribution in [3.8, 4) is 5.88 Å². The van der Waals surface area contributed by atoms with E-state index in [2.05, 4.69) is 24.8 Å². The second kappa shape index (κ2) is 18.7. The van der Waals surface area contributed by atoms with E-state index >= 15 is 0 Å². The predicted molar refractivity (Wildman–Crippen MR) is 258 cm³/mol. The van der Waals surface area contributed by atoms with Gasteiger partial charge in [-0.25, -0.2) is 13.1 Å². The third kappa shape index (κ3) is 9.14. The third-order valence-electron chi connectivity index (χ3n) is 15.2. The molecule has 6 heterocycles. The van der Waals surface area contributed by atoms with Crippen LogP contribution in [0.2, 0.25) is 0 Å². The van der Waals surface area contributed by atoms with Crippen LogP contribution in [0.1, 0.15) is 86.3 Å². The number of anilines is 4. The van der Waals surface area contributed by atoms with Gasteiger partial charge in [0.25, 0.3) is 21.6 Å². The van der Waals surface area contributed by atoms with E-state index < -0.39 is 43.0 Å². The van der Waals surface area contributed by atoms with Gasteiger partial charge in [-0.3, -0.25) is 19.8 Å². The van der Waals surface area contributed by atoms with Gasteiger partial charge in [-0.2, -0.15) is 18.2 Å². The van der Waals surface area contributed by atoms with Crippen molar-refractivity contribution >= 4 is 55.4 Å². The Hall–Kier alpha value is -5.96. The largest absolute Gasteiger partial charge is 0.476 e. The summed E-state index contributed by atoms with van der Waals surface area (Å²) < 4.78 is 90.2. The maximum absolute atomic E-state index is 14.4. The summed E-state index contributed by atoms with van der Waals surface area (Å²) in [6.45, 7) is 6.99. The molecule has 3 N–H and O–H groups in total. The lowest BCUT2D eigenvalue weighted by molar-refractivity contribution is -0.384. The number of rotatable bonds is 12. The molecule has 3 saturated heterocycles. The molecule has 2 aromatic heterocycles. The van der Waals surface area contributed by atoms with E-state index in [1.54, 1.807) is 24.4 Å². The van der Waals surface area contributed by atoms with Gasteiger partial charge in [-0.15, -0.1) is 0 Å². The van der Waals surface area contributed by atoms with E-state index in [9.17, 15) is 36.5 Å². The fraction of sp³-hybridized carbons (Fsp3) is 0.480. The summed E-state index contributed by atoms with van der Waals surface area (Å²) in [6.07, 6.45) is 3.14. The number of nitro groups is 1. The molecule has 372 valence electrons. The van der Waals surface area contributed by atoms with Gasteiger partial charge in [-0.05, 0) is 124 Å². The number of nitro benzene ring substituents is 1. The van der Waals surface area contributed by atoms with Crippen LogP contribution < -0.4 is 24.6 Å². The van der Waals surface area contributed by atoms with Gasteiger partial charge in [0.05, 0.1) is 59.0 Å². The first-order chi connectivity index (χ1) is 33.5. The number of ether oxygens (including phenoxy) is 3. The van der Waals surface area contributed by atoms with Crippen LogP contribution in [0, 0.1) is 15.5 Å². The molecule has 5 aromatic rings. The zero-order chi connectivity index (χ0) is 49.0. The van der Waals surface area contributed by atoms with E-state index in [1.807, 2.05) is 41.3 Å². The number of pyridine rings is 1. The minimum Gasteiger partial charge on any atom is -0.476 e. The summed E-state index contributed by atoms with van der Waals surface area (Å²) in [5.41, 5.74) is 1.42. The Morgan fingerprint density at radius 1 is 0.957 bits per heavy atom. The molecule has 4 fully saturated rings. The number of piperidine rings is 1. The van der Waals surface area contributed by atoms with Crippen LogP contribution in [-0.2, 0) is 24.9 Å². The lowest BCUT2D eigenvalue weighted by atomic mass is 9.59. The number of amides is 1. The smallest absolute Gasteiger partial charge is 0.397 e.